The minimum absolute atomic E-state index is 0.0368. The first-order valence-electron chi connectivity index (χ1n) is 8.98. The highest BCUT2D eigenvalue weighted by Gasteiger charge is 2.17. The van der Waals surface area contributed by atoms with Gasteiger partial charge in [-0.25, -0.2) is 16.8 Å². The van der Waals surface area contributed by atoms with Crippen molar-refractivity contribution in [3.63, 3.8) is 0 Å². The maximum Gasteiger partial charge on any atom is 0.261 e. The summed E-state index contributed by atoms with van der Waals surface area (Å²) in [6, 6.07) is 17.5. The Bertz CT molecular complexity index is 1250. The van der Waals surface area contributed by atoms with Gasteiger partial charge in [-0.15, -0.1) is 11.8 Å². The third kappa shape index (κ3) is 5.16. The molecule has 3 aromatic carbocycles. The van der Waals surface area contributed by atoms with E-state index >= 15 is 0 Å². The Morgan fingerprint density at radius 2 is 1.23 bits per heavy atom. The van der Waals surface area contributed by atoms with Crippen molar-refractivity contribution in [1.82, 2.24) is 0 Å². The van der Waals surface area contributed by atoms with Crippen LogP contribution in [0, 0.1) is 13.8 Å². The van der Waals surface area contributed by atoms with Crippen molar-refractivity contribution in [2.45, 2.75) is 28.5 Å². The first-order valence-corrected chi connectivity index (χ1v) is 13.2. The number of rotatable bonds is 7. The van der Waals surface area contributed by atoms with Crippen LogP contribution in [0.4, 0.5) is 11.4 Å². The maximum atomic E-state index is 12.7. The van der Waals surface area contributed by atoms with Crippen LogP contribution in [-0.2, 0) is 20.0 Å². The Morgan fingerprint density at radius 1 is 0.700 bits per heavy atom. The lowest BCUT2D eigenvalue weighted by molar-refractivity contribution is 0.600. The van der Waals surface area contributed by atoms with Crippen molar-refractivity contribution in [3.8, 4) is 0 Å². The highest BCUT2D eigenvalue weighted by molar-refractivity contribution is 7.98. The molecule has 0 bridgehead atoms. The molecule has 3 aromatic rings. The van der Waals surface area contributed by atoms with Gasteiger partial charge in [0, 0.05) is 10.6 Å². The molecule has 0 radical (unpaired) electrons. The van der Waals surface area contributed by atoms with E-state index in [1.807, 2.05) is 32.2 Å². The number of anilines is 2. The lowest BCUT2D eigenvalue weighted by Gasteiger charge is -2.12. The van der Waals surface area contributed by atoms with Gasteiger partial charge in [0.05, 0.1) is 15.5 Å². The molecular weight excluding hydrogens is 440 g/mol. The smallest absolute Gasteiger partial charge is 0.261 e. The van der Waals surface area contributed by atoms with Crippen LogP contribution in [0.25, 0.3) is 0 Å². The third-order valence-electron chi connectivity index (χ3n) is 4.41. The van der Waals surface area contributed by atoms with Crippen LogP contribution < -0.4 is 9.44 Å². The highest BCUT2D eigenvalue weighted by Crippen LogP contribution is 2.23. The lowest BCUT2D eigenvalue weighted by atomic mass is 10.1. The van der Waals surface area contributed by atoms with E-state index in [9.17, 15) is 16.8 Å². The van der Waals surface area contributed by atoms with Crippen molar-refractivity contribution in [2.75, 3.05) is 15.7 Å². The molecule has 0 spiro atoms. The summed E-state index contributed by atoms with van der Waals surface area (Å²) in [6.45, 7) is 3.76. The van der Waals surface area contributed by atoms with Gasteiger partial charge in [-0.1, -0.05) is 17.7 Å². The lowest BCUT2D eigenvalue weighted by Crippen LogP contribution is -2.15. The van der Waals surface area contributed by atoms with E-state index in [4.69, 9.17) is 0 Å². The molecule has 0 amide bonds. The molecule has 0 saturated heterocycles. The fourth-order valence-electron chi connectivity index (χ4n) is 2.80. The van der Waals surface area contributed by atoms with E-state index in [0.29, 0.717) is 5.69 Å². The van der Waals surface area contributed by atoms with Crippen LogP contribution in [0.1, 0.15) is 11.1 Å². The molecule has 0 fully saturated rings. The Hall–Kier alpha value is -2.49. The molecule has 0 heterocycles. The molecule has 0 atom stereocenters. The Labute approximate surface area is 181 Å². The van der Waals surface area contributed by atoms with E-state index < -0.39 is 20.0 Å². The molecule has 0 aromatic heterocycles. The van der Waals surface area contributed by atoms with Crippen LogP contribution in [0.3, 0.4) is 0 Å². The summed E-state index contributed by atoms with van der Waals surface area (Å²) in [5.74, 6) is 0. The molecular formula is C21H22N2O4S3. The van der Waals surface area contributed by atoms with E-state index in [1.165, 1.54) is 48.2 Å². The summed E-state index contributed by atoms with van der Waals surface area (Å²) in [5.41, 5.74) is 2.62. The van der Waals surface area contributed by atoms with Crippen LogP contribution >= 0.6 is 11.8 Å². The Kier molecular flexibility index (Phi) is 6.44. The molecule has 158 valence electrons. The molecule has 3 rings (SSSR count). The summed E-state index contributed by atoms with van der Waals surface area (Å²) < 4.78 is 55.4. The predicted molar refractivity (Wildman–Crippen MR) is 122 cm³/mol. The van der Waals surface area contributed by atoms with Gasteiger partial charge in [-0.05, 0) is 80.3 Å². The van der Waals surface area contributed by atoms with Gasteiger partial charge in [0.15, 0.2) is 0 Å². The van der Waals surface area contributed by atoms with Crippen molar-refractivity contribution < 1.29 is 16.8 Å². The van der Waals surface area contributed by atoms with Crippen LogP contribution in [0.15, 0.2) is 81.4 Å². The zero-order valence-corrected chi connectivity index (χ0v) is 19.2. The normalized spacial score (nSPS) is 11.8. The van der Waals surface area contributed by atoms with E-state index in [0.717, 1.165) is 16.0 Å². The summed E-state index contributed by atoms with van der Waals surface area (Å²) >= 11 is 1.52. The molecule has 0 saturated carbocycles. The molecule has 6 nitrogen and oxygen atoms in total. The van der Waals surface area contributed by atoms with Gasteiger partial charge in [-0.3, -0.25) is 9.44 Å². The summed E-state index contributed by atoms with van der Waals surface area (Å²) in [4.78, 5) is 1.13. The van der Waals surface area contributed by atoms with Crippen LogP contribution in [0.5, 0.6) is 0 Å². The minimum atomic E-state index is -3.80. The van der Waals surface area contributed by atoms with Crippen molar-refractivity contribution in [2.24, 2.45) is 0 Å². The predicted octanol–water partition coefficient (Wildman–Crippen LogP) is 4.63. The van der Waals surface area contributed by atoms with E-state index in [-0.39, 0.29) is 15.5 Å². The topological polar surface area (TPSA) is 92.3 Å². The molecule has 30 heavy (non-hydrogen) atoms. The quantitative estimate of drug-likeness (QED) is 0.500. The monoisotopic (exact) mass is 462 g/mol. The maximum absolute atomic E-state index is 12.7. The number of sulfonamides is 2. The average molecular weight is 463 g/mol. The standard InChI is InChI=1S/C21H22N2O4S3/c1-15-4-13-21(16(2)14-15)23-30(26,27)19-9-5-17(6-10-19)22-29(24,25)20-11-7-18(28-3)8-12-20/h4-14,22-23H,1-3H3. The molecule has 0 unspecified atom stereocenters. The second-order valence-electron chi connectivity index (χ2n) is 6.73. The van der Waals surface area contributed by atoms with E-state index in [2.05, 4.69) is 9.44 Å². The zero-order valence-electron chi connectivity index (χ0n) is 16.7. The Morgan fingerprint density at radius 3 is 1.77 bits per heavy atom. The molecule has 0 aliphatic carbocycles. The van der Waals surface area contributed by atoms with Gasteiger partial charge in [0.1, 0.15) is 0 Å². The summed E-state index contributed by atoms with van der Waals surface area (Å²) in [6.07, 6.45) is 1.91. The number of thioether (sulfide) groups is 1. The largest absolute Gasteiger partial charge is 0.280 e. The fourth-order valence-corrected chi connectivity index (χ4v) is 5.40. The SMILES string of the molecule is CSc1ccc(S(=O)(=O)Nc2ccc(S(=O)(=O)Nc3ccc(C)cc3C)cc2)cc1. The average Bonchev–Trinajstić information content (AvgIpc) is 2.70. The second kappa shape index (κ2) is 8.71. The number of nitrogens with one attached hydrogen (secondary N) is 2. The van der Waals surface area contributed by atoms with Crippen LogP contribution in [0.2, 0.25) is 0 Å². The van der Waals surface area contributed by atoms with Crippen molar-refractivity contribution in [1.29, 1.82) is 0 Å². The first kappa shape index (κ1) is 22.2. The fraction of sp³-hybridized carbons (Fsp3) is 0.143. The minimum Gasteiger partial charge on any atom is -0.280 e. The van der Waals surface area contributed by atoms with Crippen LogP contribution in [-0.4, -0.2) is 23.1 Å². The summed E-state index contributed by atoms with van der Waals surface area (Å²) in [7, 11) is -7.57. The third-order valence-corrected chi connectivity index (χ3v) is 7.93. The molecule has 2 N–H and O–H groups in total. The van der Waals surface area contributed by atoms with Crippen molar-refractivity contribution >= 4 is 43.2 Å². The van der Waals surface area contributed by atoms with Gasteiger partial charge >= 0.3 is 0 Å². The molecule has 0 aliphatic heterocycles. The van der Waals surface area contributed by atoms with Gasteiger partial charge < -0.3 is 0 Å². The molecule has 9 heteroatoms. The molecule has 0 aliphatic rings. The second-order valence-corrected chi connectivity index (χ2v) is 11.0. The number of benzene rings is 3. The Balaban J connectivity index is 1.78. The first-order chi connectivity index (χ1) is 14.1. The zero-order chi connectivity index (χ0) is 21.9. The van der Waals surface area contributed by atoms with Gasteiger partial charge in [-0.2, -0.15) is 0 Å². The van der Waals surface area contributed by atoms with Gasteiger partial charge in [0.25, 0.3) is 20.0 Å². The van der Waals surface area contributed by atoms with E-state index in [1.54, 1.807) is 18.2 Å². The number of hydrogen-bond donors (Lipinski definition) is 2. The highest BCUT2D eigenvalue weighted by atomic mass is 32.2. The number of hydrogen-bond acceptors (Lipinski definition) is 5. The summed E-state index contributed by atoms with van der Waals surface area (Å²) in [5, 5.41) is 0. The van der Waals surface area contributed by atoms with Gasteiger partial charge in [0.2, 0.25) is 0 Å². The van der Waals surface area contributed by atoms with Crippen molar-refractivity contribution in [3.05, 3.63) is 77.9 Å². The number of aryl methyl sites for hydroxylation is 2.